The van der Waals surface area contributed by atoms with E-state index in [1.54, 1.807) is 11.3 Å². The smallest absolute Gasteiger partial charge is 0.169 e. The fourth-order valence-electron chi connectivity index (χ4n) is 2.46. The molecule has 0 radical (unpaired) electrons. The number of hydrogen-bond donors (Lipinski definition) is 1. The van der Waals surface area contributed by atoms with Crippen LogP contribution in [-0.2, 0) is 19.3 Å². The van der Waals surface area contributed by atoms with Gasteiger partial charge in [0.2, 0.25) is 0 Å². The first kappa shape index (κ1) is 16.1. The molecule has 0 unspecified atom stereocenters. The average Bonchev–Trinajstić information content (AvgIpc) is 3.00. The van der Waals surface area contributed by atoms with Crippen LogP contribution in [0.3, 0.4) is 0 Å². The number of hydrogen-bond acceptors (Lipinski definition) is 4. The van der Waals surface area contributed by atoms with Crippen LogP contribution in [0.4, 0.5) is 0 Å². The van der Waals surface area contributed by atoms with Gasteiger partial charge in [0.1, 0.15) is 0 Å². The Balaban J connectivity index is 2.31. The third-order valence-electron chi connectivity index (χ3n) is 3.52. The van der Waals surface area contributed by atoms with Crippen LogP contribution in [0.25, 0.3) is 10.7 Å². The summed E-state index contributed by atoms with van der Waals surface area (Å²) in [4.78, 5) is 10.8. The highest BCUT2D eigenvalue weighted by Gasteiger charge is 2.13. The molecule has 0 bridgehead atoms. The van der Waals surface area contributed by atoms with E-state index in [4.69, 9.17) is 9.97 Å². The Morgan fingerprint density at radius 3 is 2.29 bits per heavy atom. The van der Waals surface area contributed by atoms with Crippen LogP contribution in [0.1, 0.15) is 44.6 Å². The predicted octanol–water partition coefficient (Wildman–Crippen LogP) is 3.87. The molecule has 0 aromatic carbocycles. The van der Waals surface area contributed by atoms with Crippen LogP contribution >= 0.6 is 11.3 Å². The number of nitrogens with one attached hydrogen (secondary N) is 1. The van der Waals surface area contributed by atoms with Crippen molar-refractivity contribution in [2.75, 3.05) is 6.54 Å². The van der Waals surface area contributed by atoms with Crippen molar-refractivity contribution < 1.29 is 0 Å². The van der Waals surface area contributed by atoms with Gasteiger partial charge in [0.25, 0.3) is 0 Å². The molecular weight excluding hydrogens is 278 g/mol. The van der Waals surface area contributed by atoms with Crippen LogP contribution in [0.5, 0.6) is 0 Å². The molecule has 0 fully saturated rings. The second kappa shape index (κ2) is 7.66. The summed E-state index contributed by atoms with van der Waals surface area (Å²) in [6.07, 6.45) is 2.94. The SMILES string of the molecule is CCc1nc(-c2cccs2)nc(CC)c1CCNC(C)C. The molecule has 0 aliphatic rings. The Bertz CT molecular complexity index is 536. The van der Waals surface area contributed by atoms with E-state index < -0.39 is 0 Å². The lowest BCUT2D eigenvalue weighted by molar-refractivity contribution is 0.586. The largest absolute Gasteiger partial charge is 0.314 e. The molecule has 2 aromatic rings. The van der Waals surface area contributed by atoms with E-state index >= 15 is 0 Å². The quantitative estimate of drug-likeness (QED) is 0.843. The summed E-state index contributed by atoms with van der Waals surface area (Å²) in [6, 6.07) is 4.67. The molecule has 0 aliphatic carbocycles. The Labute approximate surface area is 131 Å². The summed E-state index contributed by atoms with van der Waals surface area (Å²) in [5.41, 5.74) is 3.75. The van der Waals surface area contributed by atoms with Gasteiger partial charge in [0.15, 0.2) is 5.82 Å². The van der Waals surface area contributed by atoms with E-state index in [0.717, 1.165) is 36.5 Å². The maximum absolute atomic E-state index is 4.81. The van der Waals surface area contributed by atoms with Gasteiger partial charge in [0.05, 0.1) is 4.88 Å². The minimum Gasteiger partial charge on any atom is -0.314 e. The molecule has 4 heteroatoms. The van der Waals surface area contributed by atoms with Crippen molar-refractivity contribution in [2.24, 2.45) is 0 Å². The van der Waals surface area contributed by atoms with Gasteiger partial charge in [0, 0.05) is 17.4 Å². The minimum atomic E-state index is 0.520. The molecule has 114 valence electrons. The fourth-order valence-corrected chi connectivity index (χ4v) is 3.12. The van der Waals surface area contributed by atoms with E-state index in [0.29, 0.717) is 6.04 Å². The van der Waals surface area contributed by atoms with Gasteiger partial charge in [-0.25, -0.2) is 9.97 Å². The third kappa shape index (κ3) is 4.11. The second-order valence-corrected chi connectivity index (χ2v) is 6.41. The summed E-state index contributed by atoms with van der Waals surface area (Å²) in [6.45, 7) is 9.70. The van der Waals surface area contributed by atoms with Crippen LogP contribution in [0, 0.1) is 0 Å². The number of rotatable bonds is 7. The van der Waals surface area contributed by atoms with Gasteiger partial charge < -0.3 is 5.32 Å². The molecule has 0 atom stereocenters. The fraction of sp³-hybridized carbons (Fsp3) is 0.529. The van der Waals surface area contributed by atoms with Crippen molar-refractivity contribution in [3.8, 4) is 10.7 Å². The monoisotopic (exact) mass is 303 g/mol. The normalized spacial score (nSPS) is 11.3. The van der Waals surface area contributed by atoms with Crippen molar-refractivity contribution in [1.29, 1.82) is 0 Å². The van der Waals surface area contributed by atoms with Gasteiger partial charge in [-0.1, -0.05) is 33.8 Å². The first-order valence-corrected chi connectivity index (χ1v) is 8.69. The molecule has 0 saturated carbocycles. The minimum absolute atomic E-state index is 0.520. The molecule has 2 heterocycles. The first-order chi connectivity index (χ1) is 10.2. The molecular formula is C17H25N3S. The van der Waals surface area contributed by atoms with Crippen molar-refractivity contribution in [1.82, 2.24) is 15.3 Å². The first-order valence-electron chi connectivity index (χ1n) is 7.81. The van der Waals surface area contributed by atoms with E-state index in [2.05, 4.69) is 50.5 Å². The molecule has 0 spiro atoms. The number of aromatic nitrogens is 2. The topological polar surface area (TPSA) is 37.8 Å². The maximum atomic E-state index is 4.81. The van der Waals surface area contributed by atoms with Gasteiger partial charge in [-0.15, -0.1) is 11.3 Å². The Morgan fingerprint density at radius 1 is 1.14 bits per heavy atom. The molecule has 3 nitrogen and oxygen atoms in total. The molecule has 0 amide bonds. The van der Waals surface area contributed by atoms with Crippen molar-refractivity contribution in [2.45, 2.75) is 53.0 Å². The van der Waals surface area contributed by atoms with Gasteiger partial charge in [-0.05, 0) is 42.8 Å². The van der Waals surface area contributed by atoms with Crippen LogP contribution < -0.4 is 5.32 Å². The maximum Gasteiger partial charge on any atom is 0.169 e. The summed E-state index contributed by atoms with van der Waals surface area (Å²) in [7, 11) is 0. The van der Waals surface area contributed by atoms with E-state index in [1.165, 1.54) is 17.0 Å². The molecule has 0 saturated heterocycles. The average molecular weight is 303 g/mol. The molecule has 2 aromatic heterocycles. The second-order valence-electron chi connectivity index (χ2n) is 5.46. The number of thiophene rings is 1. The molecule has 2 rings (SSSR count). The van der Waals surface area contributed by atoms with Crippen molar-refractivity contribution >= 4 is 11.3 Å². The molecule has 0 aliphatic heterocycles. The predicted molar refractivity (Wildman–Crippen MR) is 90.9 cm³/mol. The zero-order valence-electron chi connectivity index (χ0n) is 13.4. The zero-order valence-corrected chi connectivity index (χ0v) is 14.3. The van der Waals surface area contributed by atoms with Gasteiger partial charge in [-0.2, -0.15) is 0 Å². The highest BCUT2D eigenvalue weighted by Crippen LogP contribution is 2.24. The van der Waals surface area contributed by atoms with Crippen LogP contribution in [0.15, 0.2) is 17.5 Å². The summed E-state index contributed by atoms with van der Waals surface area (Å²) < 4.78 is 0. The Morgan fingerprint density at radius 2 is 1.81 bits per heavy atom. The van der Waals surface area contributed by atoms with E-state index in [1.807, 2.05) is 0 Å². The Hall–Kier alpha value is -1.26. The highest BCUT2D eigenvalue weighted by atomic mass is 32.1. The lowest BCUT2D eigenvalue weighted by Gasteiger charge is -2.15. The molecule has 1 N–H and O–H groups in total. The highest BCUT2D eigenvalue weighted by molar-refractivity contribution is 7.13. The van der Waals surface area contributed by atoms with Crippen molar-refractivity contribution in [3.63, 3.8) is 0 Å². The lowest BCUT2D eigenvalue weighted by Crippen LogP contribution is -2.26. The Kier molecular flexibility index (Phi) is 5.88. The van der Waals surface area contributed by atoms with E-state index in [-0.39, 0.29) is 0 Å². The van der Waals surface area contributed by atoms with Crippen molar-refractivity contribution in [3.05, 3.63) is 34.5 Å². The summed E-state index contributed by atoms with van der Waals surface area (Å²) >= 11 is 1.70. The standard InChI is InChI=1S/C17H25N3S/c1-5-14-13(9-10-18-12(3)4)15(6-2)20-17(19-14)16-8-7-11-21-16/h7-8,11-12,18H,5-6,9-10H2,1-4H3. The number of nitrogens with zero attached hydrogens (tertiary/aromatic N) is 2. The van der Waals surface area contributed by atoms with Gasteiger partial charge >= 0.3 is 0 Å². The van der Waals surface area contributed by atoms with Gasteiger partial charge in [-0.3, -0.25) is 0 Å². The summed E-state index contributed by atoms with van der Waals surface area (Å²) in [5, 5.41) is 5.57. The van der Waals surface area contributed by atoms with E-state index in [9.17, 15) is 0 Å². The number of aryl methyl sites for hydroxylation is 2. The van der Waals surface area contributed by atoms with Crippen LogP contribution in [-0.4, -0.2) is 22.6 Å². The third-order valence-corrected chi connectivity index (χ3v) is 4.38. The van der Waals surface area contributed by atoms with Crippen LogP contribution in [0.2, 0.25) is 0 Å². The molecule has 21 heavy (non-hydrogen) atoms. The lowest BCUT2D eigenvalue weighted by atomic mass is 10.0. The summed E-state index contributed by atoms with van der Waals surface area (Å²) in [5.74, 6) is 0.888. The zero-order chi connectivity index (χ0) is 15.2.